The van der Waals surface area contributed by atoms with Crippen LogP contribution in [0, 0.1) is 13.8 Å². The van der Waals surface area contributed by atoms with Crippen molar-refractivity contribution in [2.45, 2.75) is 33.7 Å². The average Bonchev–Trinajstić information content (AvgIpc) is 2.80. The van der Waals surface area contributed by atoms with Crippen molar-refractivity contribution in [3.05, 3.63) is 15.6 Å². The highest BCUT2D eigenvalue weighted by Gasteiger charge is 2.06. The lowest BCUT2D eigenvalue weighted by Crippen LogP contribution is -2.38. The molecular formula is C13H25N5O2S2. The van der Waals surface area contributed by atoms with Gasteiger partial charge in [-0.05, 0) is 27.2 Å². The first-order valence-electron chi connectivity index (χ1n) is 7.22. The number of nitrogens with one attached hydrogen (secondary N) is 3. The van der Waals surface area contributed by atoms with E-state index in [1.807, 2.05) is 6.92 Å². The molecule has 22 heavy (non-hydrogen) atoms. The molecule has 0 aromatic carbocycles. The number of aliphatic imine (C=N–C) groups is 1. The van der Waals surface area contributed by atoms with E-state index in [-0.39, 0.29) is 5.75 Å². The van der Waals surface area contributed by atoms with Crippen LogP contribution in [0.3, 0.4) is 0 Å². The van der Waals surface area contributed by atoms with Crippen molar-refractivity contribution in [2.75, 3.05) is 25.9 Å². The molecule has 0 amide bonds. The third-order valence-electron chi connectivity index (χ3n) is 3.05. The fraction of sp³-hybridized carbons (Fsp3) is 0.692. The van der Waals surface area contributed by atoms with E-state index in [4.69, 9.17) is 0 Å². The van der Waals surface area contributed by atoms with Gasteiger partial charge in [0.15, 0.2) is 5.96 Å². The largest absolute Gasteiger partial charge is 0.356 e. The number of hydrogen-bond acceptors (Lipinski definition) is 5. The minimum absolute atomic E-state index is 0.107. The summed E-state index contributed by atoms with van der Waals surface area (Å²) >= 11 is 1.67. The molecule has 0 fully saturated rings. The van der Waals surface area contributed by atoms with Gasteiger partial charge in [-0.2, -0.15) is 0 Å². The van der Waals surface area contributed by atoms with Gasteiger partial charge in [-0.1, -0.05) is 0 Å². The third kappa shape index (κ3) is 6.71. The molecular weight excluding hydrogens is 322 g/mol. The van der Waals surface area contributed by atoms with Gasteiger partial charge in [0.1, 0.15) is 5.01 Å². The first kappa shape index (κ1) is 18.9. The molecule has 0 atom stereocenters. The van der Waals surface area contributed by atoms with Crippen molar-refractivity contribution < 1.29 is 8.42 Å². The van der Waals surface area contributed by atoms with Crippen LogP contribution < -0.4 is 15.4 Å². The molecule has 0 aliphatic rings. The van der Waals surface area contributed by atoms with Gasteiger partial charge in [-0.15, -0.1) is 11.3 Å². The third-order valence-corrected chi connectivity index (χ3v) is 5.53. The molecule has 0 saturated carbocycles. The van der Waals surface area contributed by atoms with Crippen molar-refractivity contribution in [2.24, 2.45) is 4.99 Å². The highest BCUT2D eigenvalue weighted by molar-refractivity contribution is 7.89. The molecule has 0 saturated heterocycles. The SMILES string of the molecule is CCS(=O)(=O)NCCCNC(=NC)NCc1nc(C)c(C)s1. The Balaban J connectivity index is 2.26. The van der Waals surface area contributed by atoms with Gasteiger partial charge in [0.05, 0.1) is 18.0 Å². The number of aryl methyl sites for hydroxylation is 2. The molecule has 0 radical (unpaired) electrons. The van der Waals surface area contributed by atoms with Gasteiger partial charge >= 0.3 is 0 Å². The predicted octanol–water partition coefficient (Wildman–Crippen LogP) is 0.754. The van der Waals surface area contributed by atoms with Crippen LogP contribution in [0.15, 0.2) is 4.99 Å². The van der Waals surface area contributed by atoms with Crippen LogP contribution in [0.2, 0.25) is 0 Å². The molecule has 0 bridgehead atoms. The zero-order valence-corrected chi connectivity index (χ0v) is 15.2. The highest BCUT2D eigenvalue weighted by atomic mass is 32.2. The minimum Gasteiger partial charge on any atom is -0.356 e. The first-order valence-corrected chi connectivity index (χ1v) is 9.69. The second-order valence-corrected chi connectivity index (χ2v) is 8.14. The van der Waals surface area contributed by atoms with Gasteiger partial charge in [-0.25, -0.2) is 18.1 Å². The normalized spacial score (nSPS) is 12.5. The molecule has 0 aliphatic carbocycles. The Kier molecular flexibility index (Phi) is 7.77. The zero-order valence-electron chi connectivity index (χ0n) is 13.6. The number of hydrogen-bond donors (Lipinski definition) is 3. The average molecular weight is 348 g/mol. The summed E-state index contributed by atoms with van der Waals surface area (Å²) in [5.74, 6) is 0.792. The number of guanidine groups is 1. The molecule has 0 unspecified atom stereocenters. The standard InChI is InChI=1S/C13H25N5O2S2/c1-5-22(19,20)17-8-6-7-15-13(14-4)16-9-12-18-10(2)11(3)21-12/h17H,5-9H2,1-4H3,(H2,14,15,16). The summed E-state index contributed by atoms with van der Waals surface area (Å²) in [6, 6.07) is 0. The van der Waals surface area contributed by atoms with Gasteiger partial charge in [0, 0.05) is 25.0 Å². The van der Waals surface area contributed by atoms with E-state index in [2.05, 4.69) is 32.3 Å². The summed E-state index contributed by atoms with van der Waals surface area (Å²) in [6.45, 7) is 7.36. The lowest BCUT2D eigenvalue weighted by Gasteiger charge is -2.11. The van der Waals surface area contributed by atoms with Gasteiger partial charge in [-0.3, -0.25) is 4.99 Å². The fourth-order valence-electron chi connectivity index (χ4n) is 1.62. The molecule has 1 aromatic rings. The Labute approximate surface area is 136 Å². The quantitative estimate of drug-likeness (QED) is 0.366. The number of sulfonamides is 1. The number of rotatable bonds is 8. The molecule has 1 heterocycles. The highest BCUT2D eigenvalue weighted by Crippen LogP contribution is 2.15. The Bertz CT molecular complexity index is 576. The van der Waals surface area contributed by atoms with Crippen LogP contribution in [0.1, 0.15) is 28.9 Å². The molecule has 3 N–H and O–H groups in total. The van der Waals surface area contributed by atoms with Crippen molar-refractivity contribution in [1.29, 1.82) is 0 Å². The molecule has 126 valence electrons. The molecule has 0 spiro atoms. The van der Waals surface area contributed by atoms with E-state index < -0.39 is 10.0 Å². The van der Waals surface area contributed by atoms with Crippen molar-refractivity contribution in [3.8, 4) is 0 Å². The Morgan fingerprint density at radius 3 is 2.55 bits per heavy atom. The number of aromatic nitrogens is 1. The topological polar surface area (TPSA) is 95.5 Å². The number of nitrogens with zero attached hydrogens (tertiary/aromatic N) is 2. The van der Waals surface area contributed by atoms with Crippen LogP contribution in [0.4, 0.5) is 0 Å². The van der Waals surface area contributed by atoms with E-state index in [0.717, 1.165) is 10.7 Å². The maximum absolute atomic E-state index is 11.3. The van der Waals surface area contributed by atoms with Crippen LogP contribution in [-0.4, -0.2) is 45.3 Å². The van der Waals surface area contributed by atoms with Crippen molar-refractivity contribution in [3.63, 3.8) is 0 Å². The van der Waals surface area contributed by atoms with Gasteiger partial charge < -0.3 is 10.6 Å². The lowest BCUT2D eigenvalue weighted by atomic mass is 10.4. The molecule has 1 rings (SSSR count). The second kappa shape index (κ2) is 9.06. The lowest BCUT2D eigenvalue weighted by molar-refractivity contribution is 0.579. The predicted molar refractivity (Wildman–Crippen MR) is 91.9 cm³/mol. The Morgan fingerprint density at radius 2 is 2.00 bits per heavy atom. The van der Waals surface area contributed by atoms with E-state index in [9.17, 15) is 8.42 Å². The number of thiazole rings is 1. The summed E-state index contributed by atoms with van der Waals surface area (Å²) in [4.78, 5) is 9.81. The van der Waals surface area contributed by atoms with E-state index in [1.165, 1.54) is 4.88 Å². The van der Waals surface area contributed by atoms with Crippen LogP contribution in [0.5, 0.6) is 0 Å². The first-order chi connectivity index (χ1) is 10.4. The van der Waals surface area contributed by atoms with E-state index in [1.54, 1.807) is 25.3 Å². The maximum Gasteiger partial charge on any atom is 0.211 e. The van der Waals surface area contributed by atoms with Crippen LogP contribution in [0.25, 0.3) is 0 Å². The monoisotopic (exact) mass is 347 g/mol. The maximum atomic E-state index is 11.3. The van der Waals surface area contributed by atoms with Crippen LogP contribution >= 0.6 is 11.3 Å². The summed E-state index contributed by atoms with van der Waals surface area (Å²) < 4.78 is 25.1. The summed E-state index contributed by atoms with van der Waals surface area (Å²) in [5.41, 5.74) is 1.06. The minimum atomic E-state index is -3.10. The summed E-state index contributed by atoms with van der Waals surface area (Å²) in [7, 11) is -1.40. The van der Waals surface area contributed by atoms with Crippen molar-refractivity contribution in [1.82, 2.24) is 20.3 Å². The molecule has 0 aliphatic heterocycles. The molecule has 9 heteroatoms. The fourth-order valence-corrected chi connectivity index (χ4v) is 3.15. The molecule has 1 aromatic heterocycles. The van der Waals surface area contributed by atoms with Gasteiger partial charge in [0.2, 0.25) is 10.0 Å². The summed E-state index contributed by atoms with van der Waals surface area (Å²) in [5, 5.41) is 7.36. The summed E-state index contributed by atoms with van der Waals surface area (Å²) in [6.07, 6.45) is 0.690. The Hall–Kier alpha value is -1.19. The smallest absolute Gasteiger partial charge is 0.211 e. The molecule has 7 nitrogen and oxygen atoms in total. The van der Waals surface area contributed by atoms with E-state index >= 15 is 0 Å². The van der Waals surface area contributed by atoms with Crippen molar-refractivity contribution >= 4 is 27.3 Å². The van der Waals surface area contributed by atoms with Gasteiger partial charge in [0.25, 0.3) is 0 Å². The van der Waals surface area contributed by atoms with Crippen LogP contribution in [-0.2, 0) is 16.6 Å². The Morgan fingerprint density at radius 1 is 1.27 bits per heavy atom. The van der Waals surface area contributed by atoms with E-state index in [0.29, 0.717) is 32.0 Å². The second-order valence-electron chi connectivity index (χ2n) is 4.75. The zero-order chi connectivity index (χ0) is 16.6.